The van der Waals surface area contributed by atoms with Crippen molar-refractivity contribution in [1.29, 1.82) is 0 Å². The minimum Gasteiger partial charge on any atom is -0.464 e. The van der Waals surface area contributed by atoms with Crippen LogP contribution in [0.5, 0.6) is 0 Å². The third kappa shape index (κ3) is 5.56. The summed E-state index contributed by atoms with van der Waals surface area (Å²) in [6, 6.07) is 11.0. The molecule has 202 valence electrons. The smallest absolute Gasteiger partial charge is 0.414 e. The molecule has 2 aromatic carbocycles. The second kappa shape index (κ2) is 11.5. The van der Waals surface area contributed by atoms with E-state index in [9.17, 15) is 24.5 Å². The van der Waals surface area contributed by atoms with Gasteiger partial charge in [-0.2, -0.15) is 0 Å². The second-order valence-electron chi connectivity index (χ2n) is 9.68. The van der Waals surface area contributed by atoms with Crippen LogP contribution in [0.3, 0.4) is 0 Å². The molecule has 0 bridgehead atoms. The van der Waals surface area contributed by atoms with Crippen molar-refractivity contribution in [1.82, 2.24) is 5.32 Å². The Kier molecular flexibility index (Phi) is 8.13. The van der Waals surface area contributed by atoms with Gasteiger partial charge in [-0.25, -0.2) is 9.59 Å². The van der Waals surface area contributed by atoms with Gasteiger partial charge in [0.1, 0.15) is 18.3 Å². The first-order valence-electron chi connectivity index (χ1n) is 12.8. The summed E-state index contributed by atoms with van der Waals surface area (Å²) in [5.41, 5.74) is 2.07. The highest BCUT2D eigenvalue weighted by Crippen LogP contribution is 2.35. The Hall–Kier alpha value is -4.15. The third-order valence-corrected chi connectivity index (χ3v) is 6.90. The number of esters is 1. The number of fused-ring (bicyclic) bond motifs is 1. The Morgan fingerprint density at radius 1 is 1.16 bits per heavy atom. The second-order valence-corrected chi connectivity index (χ2v) is 9.68. The number of nitrogens with one attached hydrogen (secondary N) is 1. The standard InChI is InChI=1S/C27H32N4O7/c1-4-37-26(33)24(17(2)3)28-25(32)18-9-10-22(23(15-18)31(35)36)29-13-11-20(12-14-29)30-21-8-6-5-7-19(21)16-38-27(30)34/h5-10,15,17,20,24H,4,11-14,16H2,1-3H3,(H,28,32)/t24-/m0/s1. The third-order valence-electron chi connectivity index (χ3n) is 6.90. The van der Waals surface area contributed by atoms with E-state index < -0.39 is 22.8 Å². The maximum Gasteiger partial charge on any atom is 0.414 e. The highest BCUT2D eigenvalue weighted by atomic mass is 16.6. The number of benzene rings is 2. The number of hydrogen-bond acceptors (Lipinski definition) is 8. The summed E-state index contributed by atoms with van der Waals surface area (Å²) in [5.74, 6) is -1.37. The van der Waals surface area contributed by atoms with Crippen LogP contribution in [0.25, 0.3) is 0 Å². The van der Waals surface area contributed by atoms with Crippen LogP contribution in [-0.2, 0) is 20.9 Å². The maximum absolute atomic E-state index is 12.9. The first-order chi connectivity index (χ1) is 18.2. The Bertz CT molecular complexity index is 1220. The Morgan fingerprint density at radius 3 is 2.53 bits per heavy atom. The van der Waals surface area contributed by atoms with Crippen molar-refractivity contribution in [3.8, 4) is 0 Å². The van der Waals surface area contributed by atoms with Crippen molar-refractivity contribution < 1.29 is 28.8 Å². The van der Waals surface area contributed by atoms with Crippen LogP contribution in [-0.4, -0.2) is 54.7 Å². The minimum atomic E-state index is -0.869. The lowest BCUT2D eigenvalue weighted by Crippen LogP contribution is -2.49. The van der Waals surface area contributed by atoms with Gasteiger partial charge >= 0.3 is 12.1 Å². The summed E-state index contributed by atoms with van der Waals surface area (Å²) in [7, 11) is 0. The number of hydrogen-bond donors (Lipinski definition) is 1. The normalized spacial score (nSPS) is 16.5. The van der Waals surface area contributed by atoms with Gasteiger partial charge in [0.15, 0.2) is 0 Å². The molecule has 2 heterocycles. The van der Waals surface area contributed by atoms with Gasteiger partial charge in [0.05, 0.1) is 17.2 Å². The van der Waals surface area contributed by atoms with Crippen molar-refractivity contribution in [2.45, 2.75) is 52.3 Å². The van der Waals surface area contributed by atoms with Crippen molar-refractivity contribution in [3.63, 3.8) is 0 Å². The molecule has 11 heteroatoms. The van der Waals surface area contributed by atoms with E-state index in [0.717, 1.165) is 11.3 Å². The van der Waals surface area contributed by atoms with Gasteiger partial charge in [-0.15, -0.1) is 0 Å². The molecule has 1 N–H and O–H groups in total. The van der Waals surface area contributed by atoms with Gasteiger partial charge in [-0.3, -0.25) is 19.8 Å². The highest BCUT2D eigenvalue weighted by molar-refractivity contribution is 5.98. The minimum absolute atomic E-state index is 0.0814. The first kappa shape index (κ1) is 26.9. The number of cyclic esters (lactones) is 1. The molecule has 0 unspecified atom stereocenters. The number of para-hydroxylation sites is 1. The molecule has 0 spiro atoms. The van der Waals surface area contributed by atoms with E-state index in [0.29, 0.717) is 31.6 Å². The van der Waals surface area contributed by atoms with Crippen molar-refractivity contribution in [3.05, 3.63) is 63.7 Å². The number of ether oxygens (including phenoxy) is 2. The van der Waals surface area contributed by atoms with Crippen LogP contribution in [0.4, 0.5) is 21.9 Å². The highest BCUT2D eigenvalue weighted by Gasteiger charge is 2.35. The zero-order valence-electron chi connectivity index (χ0n) is 21.7. The van der Waals surface area contributed by atoms with Crippen LogP contribution in [0.2, 0.25) is 0 Å². The number of carbonyl (C=O) groups is 3. The number of piperidine rings is 1. The molecule has 38 heavy (non-hydrogen) atoms. The number of amides is 2. The van der Waals surface area contributed by atoms with Crippen molar-refractivity contribution in [2.75, 3.05) is 29.5 Å². The monoisotopic (exact) mass is 524 g/mol. The van der Waals surface area contributed by atoms with E-state index in [1.807, 2.05) is 29.2 Å². The molecule has 0 aliphatic carbocycles. The van der Waals surface area contributed by atoms with E-state index >= 15 is 0 Å². The fourth-order valence-electron chi connectivity index (χ4n) is 4.92. The number of nitro benzene ring substituents is 1. The molecular weight excluding hydrogens is 492 g/mol. The molecule has 0 aromatic heterocycles. The first-order valence-corrected chi connectivity index (χ1v) is 12.8. The zero-order valence-corrected chi connectivity index (χ0v) is 21.7. The molecule has 0 saturated carbocycles. The Labute approximate surface area is 220 Å². The fraction of sp³-hybridized carbons (Fsp3) is 0.444. The van der Waals surface area contributed by atoms with Crippen LogP contribution >= 0.6 is 0 Å². The summed E-state index contributed by atoms with van der Waals surface area (Å²) >= 11 is 0. The molecule has 4 rings (SSSR count). The van der Waals surface area contributed by atoms with Gasteiger partial charge in [0.2, 0.25) is 0 Å². The molecule has 1 fully saturated rings. The lowest BCUT2D eigenvalue weighted by Gasteiger charge is -2.40. The summed E-state index contributed by atoms with van der Waals surface area (Å²) in [4.78, 5) is 52.7. The van der Waals surface area contributed by atoms with Crippen molar-refractivity contribution in [2.24, 2.45) is 5.92 Å². The topological polar surface area (TPSA) is 131 Å². The lowest BCUT2D eigenvalue weighted by atomic mass is 9.99. The predicted octanol–water partition coefficient (Wildman–Crippen LogP) is 4.04. The number of carbonyl (C=O) groups excluding carboxylic acids is 3. The van der Waals surface area contributed by atoms with E-state index in [4.69, 9.17) is 9.47 Å². The Morgan fingerprint density at radius 2 is 1.87 bits per heavy atom. The van der Waals surface area contributed by atoms with E-state index in [1.54, 1.807) is 31.7 Å². The van der Waals surface area contributed by atoms with Crippen LogP contribution in [0.15, 0.2) is 42.5 Å². The number of rotatable bonds is 8. The summed E-state index contributed by atoms with van der Waals surface area (Å²) in [5, 5.41) is 14.6. The molecule has 2 aliphatic rings. The number of anilines is 2. The van der Waals surface area contributed by atoms with Crippen LogP contribution in [0, 0.1) is 16.0 Å². The molecule has 2 amide bonds. The zero-order chi connectivity index (χ0) is 27.4. The molecule has 0 radical (unpaired) electrons. The molecule has 1 saturated heterocycles. The lowest BCUT2D eigenvalue weighted by molar-refractivity contribution is -0.384. The fourth-order valence-corrected chi connectivity index (χ4v) is 4.92. The van der Waals surface area contributed by atoms with E-state index in [1.165, 1.54) is 12.1 Å². The molecule has 2 aliphatic heterocycles. The van der Waals surface area contributed by atoms with Gasteiger partial charge in [-0.1, -0.05) is 32.0 Å². The summed E-state index contributed by atoms with van der Waals surface area (Å²) < 4.78 is 10.4. The largest absolute Gasteiger partial charge is 0.464 e. The van der Waals surface area contributed by atoms with E-state index in [2.05, 4.69) is 5.32 Å². The van der Waals surface area contributed by atoms with Crippen LogP contribution < -0.4 is 15.1 Å². The maximum atomic E-state index is 12.9. The van der Waals surface area contributed by atoms with Gasteiger partial charge in [0, 0.05) is 36.3 Å². The van der Waals surface area contributed by atoms with Gasteiger partial charge in [-0.05, 0) is 43.9 Å². The van der Waals surface area contributed by atoms with Gasteiger partial charge in [0.25, 0.3) is 11.6 Å². The predicted molar refractivity (Wildman–Crippen MR) is 140 cm³/mol. The Balaban J connectivity index is 1.49. The van der Waals surface area contributed by atoms with E-state index in [-0.39, 0.29) is 42.5 Å². The summed E-state index contributed by atoms with van der Waals surface area (Å²) in [6.45, 7) is 6.63. The average Bonchev–Trinajstić information content (AvgIpc) is 2.91. The summed E-state index contributed by atoms with van der Waals surface area (Å²) in [6.07, 6.45) is 0.808. The number of nitrogens with zero attached hydrogens (tertiary/aromatic N) is 3. The SMILES string of the molecule is CCOC(=O)[C@@H](NC(=O)c1ccc(N2CCC(N3C(=O)OCc4ccccc43)CC2)c([N+](=O)[O-])c1)C(C)C. The molecule has 2 aromatic rings. The number of nitro groups is 1. The molecular formula is C27H32N4O7. The van der Waals surface area contributed by atoms with Gasteiger partial charge < -0.3 is 19.7 Å². The van der Waals surface area contributed by atoms with Crippen LogP contribution in [0.1, 0.15) is 49.5 Å². The van der Waals surface area contributed by atoms with Crippen molar-refractivity contribution >= 4 is 35.0 Å². The quantitative estimate of drug-likeness (QED) is 0.311. The molecule has 11 nitrogen and oxygen atoms in total. The molecule has 1 atom stereocenters. The average molecular weight is 525 g/mol.